The van der Waals surface area contributed by atoms with Crippen molar-refractivity contribution in [3.05, 3.63) is 23.8 Å². The molecule has 0 aliphatic heterocycles. The molecule has 0 fully saturated rings. The fraction of sp³-hybridized carbons (Fsp3) is 0.533. The monoisotopic (exact) mass is 295 g/mol. The molecule has 0 amide bonds. The number of anilines is 1. The zero-order valence-corrected chi connectivity index (χ0v) is 13.4. The first kappa shape index (κ1) is 16.7. The Labute approximate surface area is 126 Å². The van der Waals surface area contributed by atoms with E-state index in [1.165, 1.54) is 0 Å². The topological polar surface area (TPSA) is 61.8 Å². The highest BCUT2D eigenvalue weighted by atomic mass is 32.2. The molecule has 0 saturated heterocycles. The lowest BCUT2D eigenvalue weighted by Crippen LogP contribution is -2.28. The van der Waals surface area contributed by atoms with Gasteiger partial charge in [-0.1, -0.05) is 31.5 Å². The minimum absolute atomic E-state index is 0.187. The average molecular weight is 295 g/mol. The molecule has 4 nitrogen and oxygen atoms in total. The maximum Gasteiger partial charge on any atom is 0.173 e. The van der Waals surface area contributed by atoms with Crippen molar-refractivity contribution in [2.24, 2.45) is 10.9 Å². The molecular weight excluding hydrogens is 270 g/mol. The van der Waals surface area contributed by atoms with Crippen LogP contribution in [0.25, 0.3) is 0 Å². The molecule has 0 bridgehead atoms. The van der Waals surface area contributed by atoms with E-state index in [0.717, 1.165) is 47.8 Å². The summed E-state index contributed by atoms with van der Waals surface area (Å²) in [5, 5.41) is 12.3. The van der Waals surface area contributed by atoms with Crippen LogP contribution in [-0.2, 0) is 0 Å². The van der Waals surface area contributed by atoms with Gasteiger partial charge < -0.3 is 15.8 Å². The Balaban J connectivity index is 3.25. The van der Waals surface area contributed by atoms with Crippen LogP contribution in [0.3, 0.4) is 0 Å². The van der Waals surface area contributed by atoms with Gasteiger partial charge >= 0.3 is 0 Å². The molecule has 0 aromatic heterocycles. The van der Waals surface area contributed by atoms with Gasteiger partial charge in [-0.3, -0.25) is 0 Å². The van der Waals surface area contributed by atoms with Gasteiger partial charge in [-0.2, -0.15) is 0 Å². The van der Waals surface area contributed by atoms with Crippen molar-refractivity contribution in [2.75, 3.05) is 23.7 Å². The molecule has 1 aromatic rings. The number of hydrogen-bond donors (Lipinski definition) is 2. The van der Waals surface area contributed by atoms with E-state index < -0.39 is 0 Å². The first-order chi connectivity index (χ1) is 9.69. The van der Waals surface area contributed by atoms with Crippen molar-refractivity contribution in [3.63, 3.8) is 0 Å². The minimum atomic E-state index is 0.187. The van der Waals surface area contributed by atoms with E-state index >= 15 is 0 Å². The van der Waals surface area contributed by atoms with Gasteiger partial charge in [0.1, 0.15) is 0 Å². The Morgan fingerprint density at radius 2 is 2.10 bits per heavy atom. The number of rotatable bonds is 8. The Bertz CT molecular complexity index is 449. The van der Waals surface area contributed by atoms with Gasteiger partial charge in [0.05, 0.1) is 5.56 Å². The molecule has 0 atom stereocenters. The lowest BCUT2D eigenvalue weighted by atomic mass is 10.1. The lowest BCUT2D eigenvalue weighted by molar-refractivity contribution is 0.318. The number of amidine groups is 1. The summed E-state index contributed by atoms with van der Waals surface area (Å²) < 4.78 is 0. The zero-order chi connectivity index (χ0) is 15.0. The van der Waals surface area contributed by atoms with Crippen molar-refractivity contribution >= 4 is 23.3 Å². The van der Waals surface area contributed by atoms with Gasteiger partial charge in [0, 0.05) is 23.7 Å². The quantitative estimate of drug-likeness (QED) is 0.253. The average Bonchev–Trinajstić information content (AvgIpc) is 2.48. The molecule has 0 aliphatic rings. The van der Waals surface area contributed by atoms with Crippen molar-refractivity contribution in [2.45, 2.75) is 38.5 Å². The summed E-state index contributed by atoms with van der Waals surface area (Å²) in [7, 11) is 0. The Kier molecular flexibility index (Phi) is 7.30. The van der Waals surface area contributed by atoms with Crippen LogP contribution in [0, 0.1) is 0 Å². The second-order valence-corrected chi connectivity index (χ2v) is 5.81. The van der Waals surface area contributed by atoms with Gasteiger partial charge in [-0.25, -0.2) is 0 Å². The van der Waals surface area contributed by atoms with Crippen LogP contribution in [0.2, 0.25) is 0 Å². The van der Waals surface area contributed by atoms with Crippen molar-refractivity contribution in [1.82, 2.24) is 0 Å². The third-order valence-electron chi connectivity index (χ3n) is 3.17. The second-order valence-electron chi connectivity index (χ2n) is 4.50. The molecule has 0 aliphatic carbocycles. The SMILES string of the molecule is CCCCN(CC)c1cccc(SCC)c1/C(N)=N/O. The van der Waals surface area contributed by atoms with Crippen LogP contribution in [0.15, 0.2) is 28.3 Å². The second kappa shape index (κ2) is 8.74. The molecular formula is C15H25N3OS. The predicted octanol–water partition coefficient (Wildman–Crippen LogP) is 3.52. The molecule has 5 heteroatoms. The summed E-state index contributed by atoms with van der Waals surface area (Å²) in [6, 6.07) is 6.11. The highest BCUT2D eigenvalue weighted by Gasteiger charge is 2.16. The van der Waals surface area contributed by atoms with Gasteiger partial charge in [0.2, 0.25) is 0 Å². The smallest absolute Gasteiger partial charge is 0.173 e. The van der Waals surface area contributed by atoms with Gasteiger partial charge in [-0.05, 0) is 31.2 Å². The molecule has 112 valence electrons. The predicted molar refractivity (Wildman–Crippen MR) is 88.1 cm³/mol. The van der Waals surface area contributed by atoms with E-state index in [0.29, 0.717) is 0 Å². The number of hydrogen-bond acceptors (Lipinski definition) is 4. The van der Waals surface area contributed by atoms with Crippen LogP contribution < -0.4 is 10.6 Å². The zero-order valence-electron chi connectivity index (χ0n) is 12.6. The van der Waals surface area contributed by atoms with E-state index in [9.17, 15) is 0 Å². The van der Waals surface area contributed by atoms with Gasteiger partial charge in [0.25, 0.3) is 0 Å². The summed E-state index contributed by atoms with van der Waals surface area (Å²) in [6.07, 6.45) is 2.29. The van der Waals surface area contributed by atoms with Crippen molar-refractivity contribution in [1.29, 1.82) is 0 Å². The van der Waals surface area contributed by atoms with Gasteiger partial charge in [-0.15, -0.1) is 11.8 Å². The summed E-state index contributed by atoms with van der Waals surface area (Å²) in [6.45, 7) is 8.31. The number of unbranched alkanes of at least 4 members (excludes halogenated alkanes) is 1. The van der Waals surface area contributed by atoms with E-state index in [-0.39, 0.29) is 5.84 Å². The number of benzene rings is 1. The maximum atomic E-state index is 9.07. The minimum Gasteiger partial charge on any atom is -0.409 e. The number of nitrogens with zero attached hydrogens (tertiary/aromatic N) is 2. The standard InChI is InChI=1S/C15H25N3OS/c1-4-7-11-18(5-2)12-9-8-10-13(20-6-3)14(12)15(16)17-19/h8-10,19H,4-7,11H2,1-3H3,(H2,16,17). The Hall–Kier alpha value is -1.36. The summed E-state index contributed by atoms with van der Waals surface area (Å²) in [5.41, 5.74) is 7.81. The number of oxime groups is 1. The lowest BCUT2D eigenvalue weighted by Gasteiger charge is -2.26. The fourth-order valence-electron chi connectivity index (χ4n) is 2.16. The maximum absolute atomic E-state index is 9.07. The van der Waals surface area contributed by atoms with E-state index in [2.05, 4.69) is 30.8 Å². The summed E-state index contributed by atoms with van der Waals surface area (Å²) in [4.78, 5) is 3.35. The first-order valence-corrected chi connectivity index (χ1v) is 8.16. The Morgan fingerprint density at radius 1 is 1.35 bits per heavy atom. The largest absolute Gasteiger partial charge is 0.409 e. The molecule has 0 heterocycles. The highest BCUT2D eigenvalue weighted by Crippen LogP contribution is 2.31. The van der Waals surface area contributed by atoms with Crippen LogP contribution >= 0.6 is 11.8 Å². The third kappa shape index (κ3) is 4.07. The molecule has 1 aromatic carbocycles. The van der Waals surface area contributed by atoms with E-state index in [1.54, 1.807) is 11.8 Å². The normalized spacial score (nSPS) is 11.7. The first-order valence-electron chi connectivity index (χ1n) is 7.18. The van der Waals surface area contributed by atoms with Crippen molar-refractivity contribution in [3.8, 4) is 0 Å². The van der Waals surface area contributed by atoms with Crippen molar-refractivity contribution < 1.29 is 5.21 Å². The molecule has 0 radical (unpaired) electrons. The molecule has 0 unspecified atom stereocenters. The highest BCUT2D eigenvalue weighted by molar-refractivity contribution is 7.99. The van der Waals surface area contributed by atoms with Gasteiger partial charge in [0.15, 0.2) is 5.84 Å². The number of nitrogens with two attached hydrogens (primary N) is 1. The molecule has 20 heavy (non-hydrogen) atoms. The third-order valence-corrected chi connectivity index (χ3v) is 4.11. The van der Waals surface area contributed by atoms with Crippen LogP contribution in [-0.4, -0.2) is 29.9 Å². The molecule has 0 saturated carbocycles. The van der Waals surface area contributed by atoms with Crippen LogP contribution in [0.1, 0.15) is 39.2 Å². The Morgan fingerprint density at radius 3 is 2.65 bits per heavy atom. The number of thioether (sulfide) groups is 1. The summed E-state index contributed by atoms with van der Waals surface area (Å²) in [5.74, 6) is 1.14. The van der Waals surface area contributed by atoms with Crippen LogP contribution in [0.5, 0.6) is 0 Å². The van der Waals surface area contributed by atoms with Crippen LogP contribution in [0.4, 0.5) is 5.69 Å². The molecule has 0 spiro atoms. The molecule has 3 N–H and O–H groups in total. The fourth-order valence-corrected chi connectivity index (χ4v) is 3.00. The molecule has 1 rings (SSSR count). The summed E-state index contributed by atoms with van der Waals surface area (Å²) >= 11 is 1.71. The van der Waals surface area contributed by atoms with E-state index in [1.807, 2.05) is 18.2 Å². The van der Waals surface area contributed by atoms with E-state index in [4.69, 9.17) is 10.9 Å².